The molecule has 0 aromatic rings. The molecule has 0 radical (unpaired) electrons. The molecule has 0 aromatic carbocycles. The van der Waals surface area contributed by atoms with Crippen LogP contribution in [0.5, 0.6) is 0 Å². The van der Waals surface area contributed by atoms with E-state index in [1.165, 1.54) is 0 Å². The molecular weight excluding hydrogens is 204 g/mol. The Balaban J connectivity index is 2.02. The molecule has 3 saturated carbocycles. The number of carbonyl (C=O) groups is 3. The number of fused-ring (bicyclic) bond motifs is 5. The Labute approximate surface area is 93.9 Å². The van der Waals surface area contributed by atoms with Crippen molar-refractivity contribution in [3.8, 4) is 0 Å². The van der Waals surface area contributed by atoms with Gasteiger partial charge in [0.15, 0.2) is 0 Å². The van der Waals surface area contributed by atoms with E-state index >= 15 is 0 Å². The van der Waals surface area contributed by atoms with E-state index in [2.05, 4.69) is 6.58 Å². The van der Waals surface area contributed by atoms with Crippen LogP contribution in [-0.4, -0.2) is 17.3 Å². The minimum Gasteiger partial charge on any atom is -0.299 e. The van der Waals surface area contributed by atoms with Crippen molar-refractivity contribution in [2.75, 3.05) is 0 Å². The molecule has 84 valence electrons. The molecule has 3 rings (SSSR count). The van der Waals surface area contributed by atoms with Gasteiger partial charge in [0.1, 0.15) is 17.3 Å². The Morgan fingerprint density at radius 3 is 2.38 bits per heavy atom. The van der Waals surface area contributed by atoms with Gasteiger partial charge in [0.25, 0.3) is 0 Å². The van der Waals surface area contributed by atoms with E-state index < -0.39 is 0 Å². The van der Waals surface area contributed by atoms with Crippen LogP contribution in [0.2, 0.25) is 0 Å². The summed E-state index contributed by atoms with van der Waals surface area (Å²) in [6, 6.07) is 0. The second-order valence-corrected chi connectivity index (χ2v) is 5.34. The van der Waals surface area contributed by atoms with Gasteiger partial charge < -0.3 is 0 Å². The molecule has 4 atom stereocenters. The van der Waals surface area contributed by atoms with Crippen LogP contribution < -0.4 is 0 Å². The summed E-state index contributed by atoms with van der Waals surface area (Å²) >= 11 is 0. The van der Waals surface area contributed by atoms with E-state index in [-0.39, 0.29) is 47.4 Å². The SMILES string of the molecule is C=C1CC(=O)C2C3CC(C(=O)CC3=O)C2C1. The predicted molar refractivity (Wildman–Crippen MR) is 56.6 cm³/mol. The maximum atomic E-state index is 12.0. The van der Waals surface area contributed by atoms with Crippen LogP contribution in [-0.2, 0) is 14.4 Å². The van der Waals surface area contributed by atoms with E-state index in [9.17, 15) is 14.4 Å². The minimum atomic E-state index is -0.172. The average Bonchev–Trinajstić information content (AvgIpc) is 2.52. The molecule has 0 N–H and O–H groups in total. The van der Waals surface area contributed by atoms with Crippen molar-refractivity contribution in [3.63, 3.8) is 0 Å². The van der Waals surface area contributed by atoms with Crippen molar-refractivity contribution in [1.82, 2.24) is 0 Å². The fraction of sp³-hybridized carbons (Fsp3) is 0.615. The lowest BCUT2D eigenvalue weighted by Gasteiger charge is -2.28. The molecule has 3 heteroatoms. The lowest BCUT2D eigenvalue weighted by atomic mass is 9.74. The molecule has 3 fully saturated rings. The third-order valence-electron chi connectivity index (χ3n) is 4.42. The molecule has 4 unspecified atom stereocenters. The normalized spacial score (nSPS) is 42.5. The summed E-state index contributed by atoms with van der Waals surface area (Å²) in [6.07, 6.45) is 1.84. The highest BCUT2D eigenvalue weighted by Gasteiger charge is 2.56. The average molecular weight is 218 g/mol. The number of hydrogen-bond donors (Lipinski definition) is 0. The summed E-state index contributed by atoms with van der Waals surface area (Å²) in [5.41, 5.74) is 0.930. The van der Waals surface area contributed by atoms with Crippen LogP contribution in [0.25, 0.3) is 0 Å². The lowest BCUT2D eigenvalue weighted by molar-refractivity contribution is -0.135. The van der Waals surface area contributed by atoms with Crippen molar-refractivity contribution < 1.29 is 14.4 Å². The number of rotatable bonds is 0. The van der Waals surface area contributed by atoms with Gasteiger partial charge >= 0.3 is 0 Å². The zero-order valence-electron chi connectivity index (χ0n) is 9.07. The first-order valence-electron chi connectivity index (χ1n) is 5.82. The highest BCUT2D eigenvalue weighted by molar-refractivity contribution is 6.07. The number of Topliss-reactive ketones (excluding diaryl/α,β-unsaturated/α-hetero) is 3. The monoisotopic (exact) mass is 218 g/mol. The molecule has 3 aliphatic rings. The van der Waals surface area contributed by atoms with E-state index in [0.29, 0.717) is 12.8 Å². The van der Waals surface area contributed by atoms with Crippen molar-refractivity contribution in [3.05, 3.63) is 12.2 Å². The first-order valence-corrected chi connectivity index (χ1v) is 5.82. The third kappa shape index (κ3) is 1.17. The van der Waals surface area contributed by atoms with Crippen LogP contribution in [0.1, 0.15) is 25.7 Å². The zero-order chi connectivity index (χ0) is 11.4. The van der Waals surface area contributed by atoms with Gasteiger partial charge in [0, 0.05) is 24.2 Å². The van der Waals surface area contributed by atoms with Gasteiger partial charge in [-0.2, -0.15) is 0 Å². The molecule has 0 aromatic heterocycles. The van der Waals surface area contributed by atoms with Gasteiger partial charge in [-0.15, -0.1) is 0 Å². The quantitative estimate of drug-likeness (QED) is 0.455. The van der Waals surface area contributed by atoms with E-state index in [0.717, 1.165) is 12.0 Å². The Bertz CT molecular complexity index is 421. The van der Waals surface area contributed by atoms with Crippen LogP contribution >= 0.6 is 0 Å². The predicted octanol–water partition coefficient (Wildman–Crippen LogP) is 1.32. The van der Waals surface area contributed by atoms with Crippen LogP contribution in [0.15, 0.2) is 12.2 Å². The largest absolute Gasteiger partial charge is 0.299 e. The highest BCUT2D eigenvalue weighted by Crippen LogP contribution is 2.52. The van der Waals surface area contributed by atoms with Gasteiger partial charge in [-0.25, -0.2) is 0 Å². The third-order valence-corrected chi connectivity index (χ3v) is 4.42. The summed E-state index contributed by atoms with van der Waals surface area (Å²) in [6.45, 7) is 3.87. The molecule has 0 saturated heterocycles. The molecule has 0 heterocycles. The summed E-state index contributed by atoms with van der Waals surface area (Å²) in [5, 5.41) is 0. The standard InChI is InChI=1S/C13H14O3/c1-6-2-8-7-4-9(11(15)5-10(7)14)13(8)12(16)3-6/h7-9,13H,1-5H2. The molecule has 3 aliphatic carbocycles. The van der Waals surface area contributed by atoms with Crippen molar-refractivity contribution in [2.24, 2.45) is 23.7 Å². The Morgan fingerprint density at radius 2 is 1.62 bits per heavy atom. The maximum absolute atomic E-state index is 12.0. The Hall–Kier alpha value is -1.25. The van der Waals surface area contributed by atoms with Gasteiger partial charge in [-0.1, -0.05) is 12.2 Å². The van der Waals surface area contributed by atoms with Gasteiger partial charge in [-0.3, -0.25) is 14.4 Å². The van der Waals surface area contributed by atoms with Crippen LogP contribution in [0, 0.1) is 23.7 Å². The fourth-order valence-electron chi connectivity index (χ4n) is 3.78. The Kier molecular flexibility index (Phi) is 1.94. The van der Waals surface area contributed by atoms with E-state index in [4.69, 9.17) is 0 Å². The number of allylic oxidation sites excluding steroid dienone is 1. The van der Waals surface area contributed by atoms with E-state index in [1.807, 2.05) is 0 Å². The highest BCUT2D eigenvalue weighted by atomic mass is 16.2. The second kappa shape index (κ2) is 3.12. The maximum Gasteiger partial charge on any atom is 0.144 e. The summed E-state index contributed by atoms with van der Waals surface area (Å²) in [5.74, 6) is -0.114. The van der Waals surface area contributed by atoms with Crippen molar-refractivity contribution >= 4 is 17.3 Å². The topological polar surface area (TPSA) is 51.2 Å². The van der Waals surface area contributed by atoms with Crippen LogP contribution in [0.3, 0.4) is 0 Å². The Morgan fingerprint density at radius 1 is 0.938 bits per heavy atom. The summed E-state index contributed by atoms with van der Waals surface area (Å²) in [7, 11) is 0. The van der Waals surface area contributed by atoms with Crippen molar-refractivity contribution in [2.45, 2.75) is 25.7 Å². The molecule has 16 heavy (non-hydrogen) atoms. The van der Waals surface area contributed by atoms with Gasteiger partial charge in [-0.05, 0) is 18.8 Å². The second-order valence-electron chi connectivity index (χ2n) is 5.34. The smallest absolute Gasteiger partial charge is 0.144 e. The number of ketones is 3. The lowest BCUT2D eigenvalue weighted by Crippen LogP contribution is -2.32. The molecular formula is C13H14O3. The minimum absolute atomic E-state index is 0.00499. The first-order chi connectivity index (χ1) is 7.58. The number of hydrogen-bond acceptors (Lipinski definition) is 3. The summed E-state index contributed by atoms with van der Waals surface area (Å²) in [4.78, 5) is 35.5. The molecule has 0 aliphatic heterocycles. The summed E-state index contributed by atoms with van der Waals surface area (Å²) < 4.78 is 0. The molecule has 0 spiro atoms. The van der Waals surface area contributed by atoms with Crippen LogP contribution in [0.4, 0.5) is 0 Å². The van der Waals surface area contributed by atoms with Gasteiger partial charge in [0.05, 0.1) is 6.42 Å². The molecule has 3 nitrogen and oxygen atoms in total. The number of carbonyl (C=O) groups excluding carboxylic acids is 3. The van der Waals surface area contributed by atoms with Crippen molar-refractivity contribution in [1.29, 1.82) is 0 Å². The van der Waals surface area contributed by atoms with Gasteiger partial charge in [0.2, 0.25) is 0 Å². The van der Waals surface area contributed by atoms with E-state index in [1.54, 1.807) is 0 Å². The fourth-order valence-corrected chi connectivity index (χ4v) is 3.78. The molecule has 2 bridgehead atoms. The zero-order valence-corrected chi connectivity index (χ0v) is 9.07. The molecule has 0 amide bonds. The first kappa shape index (κ1) is 9.94.